The zero-order chi connectivity index (χ0) is 18.9. The number of benzene rings is 1. The number of carbonyl (C=O) groups is 1. The van der Waals surface area contributed by atoms with Gasteiger partial charge in [-0.1, -0.05) is 13.8 Å². The Balaban J connectivity index is 1.73. The minimum absolute atomic E-state index is 0.0257. The lowest BCUT2D eigenvalue weighted by Crippen LogP contribution is -2.47. The Hall–Kier alpha value is -1.44. The second kappa shape index (κ2) is 7.66. The van der Waals surface area contributed by atoms with Crippen molar-refractivity contribution in [2.24, 2.45) is 11.8 Å². The summed E-state index contributed by atoms with van der Waals surface area (Å²) in [5.41, 5.74) is 0.550. The van der Waals surface area contributed by atoms with E-state index in [2.05, 4.69) is 18.7 Å². The Morgan fingerprint density at radius 2 is 1.50 bits per heavy atom. The Morgan fingerprint density at radius 3 is 2.04 bits per heavy atom. The van der Waals surface area contributed by atoms with Gasteiger partial charge in [-0.15, -0.1) is 0 Å². The summed E-state index contributed by atoms with van der Waals surface area (Å²) < 4.78 is 27.4. The van der Waals surface area contributed by atoms with E-state index < -0.39 is 10.0 Å². The molecule has 1 amide bonds. The molecule has 6 nitrogen and oxygen atoms in total. The standard InChI is InChI=1S/C19H29N3O3S/c1-15-12-16(2)14-22(13-15)26(24,25)18-6-4-17(5-7-18)19(23)21-10-8-20(3)9-11-21/h4-7,15-16H,8-14H2,1-3H3/t15-,16+. The highest BCUT2D eigenvalue weighted by molar-refractivity contribution is 7.89. The summed E-state index contributed by atoms with van der Waals surface area (Å²) in [6, 6.07) is 6.43. The summed E-state index contributed by atoms with van der Waals surface area (Å²) in [4.78, 5) is 16.9. The smallest absolute Gasteiger partial charge is 0.253 e. The molecule has 2 saturated heterocycles. The van der Waals surface area contributed by atoms with Crippen molar-refractivity contribution >= 4 is 15.9 Å². The van der Waals surface area contributed by atoms with Gasteiger partial charge in [-0.25, -0.2) is 8.42 Å². The average Bonchev–Trinajstić information content (AvgIpc) is 2.61. The fraction of sp³-hybridized carbons (Fsp3) is 0.632. The number of amides is 1. The van der Waals surface area contributed by atoms with Crippen molar-refractivity contribution in [2.75, 3.05) is 46.3 Å². The van der Waals surface area contributed by atoms with Gasteiger partial charge in [0.15, 0.2) is 0 Å². The van der Waals surface area contributed by atoms with Crippen LogP contribution < -0.4 is 0 Å². The van der Waals surface area contributed by atoms with E-state index in [4.69, 9.17) is 0 Å². The van der Waals surface area contributed by atoms with Crippen LogP contribution in [0.1, 0.15) is 30.6 Å². The lowest BCUT2D eigenvalue weighted by Gasteiger charge is -2.34. The summed E-state index contributed by atoms with van der Waals surface area (Å²) in [7, 11) is -1.46. The van der Waals surface area contributed by atoms with E-state index in [-0.39, 0.29) is 10.8 Å². The second-order valence-electron chi connectivity index (χ2n) is 7.89. The molecule has 2 fully saturated rings. The van der Waals surface area contributed by atoms with E-state index in [0.29, 0.717) is 43.6 Å². The molecule has 0 N–H and O–H groups in total. The highest BCUT2D eigenvalue weighted by Crippen LogP contribution is 2.26. The van der Waals surface area contributed by atoms with Crippen LogP contribution in [0.3, 0.4) is 0 Å². The Labute approximate surface area is 156 Å². The molecule has 0 aliphatic carbocycles. The van der Waals surface area contributed by atoms with Gasteiger partial charge in [0, 0.05) is 44.8 Å². The lowest BCUT2D eigenvalue weighted by atomic mass is 9.94. The minimum Gasteiger partial charge on any atom is -0.336 e. The maximum Gasteiger partial charge on any atom is 0.253 e. The zero-order valence-corrected chi connectivity index (χ0v) is 16.7. The molecule has 0 aromatic heterocycles. The maximum atomic E-state index is 12.9. The van der Waals surface area contributed by atoms with E-state index in [1.165, 1.54) is 0 Å². The van der Waals surface area contributed by atoms with E-state index in [9.17, 15) is 13.2 Å². The van der Waals surface area contributed by atoms with Gasteiger partial charge < -0.3 is 9.80 Å². The van der Waals surface area contributed by atoms with Crippen molar-refractivity contribution in [1.29, 1.82) is 0 Å². The van der Waals surface area contributed by atoms with Crippen LogP contribution >= 0.6 is 0 Å². The maximum absolute atomic E-state index is 12.9. The van der Waals surface area contributed by atoms with Gasteiger partial charge in [0.2, 0.25) is 10.0 Å². The van der Waals surface area contributed by atoms with Crippen molar-refractivity contribution in [3.63, 3.8) is 0 Å². The zero-order valence-electron chi connectivity index (χ0n) is 15.9. The number of likely N-dealkylation sites (N-methyl/N-ethyl adjacent to an activating group) is 1. The van der Waals surface area contributed by atoms with Crippen LogP contribution in [0.4, 0.5) is 0 Å². The van der Waals surface area contributed by atoms with Gasteiger partial charge in [0.25, 0.3) is 5.91 Å². The summed E-state index contributed by atoms with van der Waals surface area (Å²) in [5.74, 6) is 0.709. The highest BCUT2D eigenvalue weighted by atomic mass is 32.2. The van der Waals surface area contributed by atoms with E-state index in [1.807, 2.05) is 11.9 Å². The first kappa shape index (κ1) is 19.3. The lowest BCUT2D eigenvalue weighted by molar-refractivity contribution is 0.0664. The van der Waals surface area contributed by atoms with Crippen molar-refractivity contribution in [3.05, 3.63) is 29.8 Å². The van der Waals surface area contributed by atoms with Crippen LogP contribution in [0.15, 0.2) is 29.2 Å². The average molecular weight is 380 g/mol. The van der Waals surface area contributed by atoms with Gasteiger partial charge in [-0.3, -0.25) is 4.79 Å². The third-order valence-corrected chi connectivity index (χ3v) is 7.21. The molecule has 1 aromatic carbocycles. The fourth-order valence-electron chi connectivity index (χ4n) is 3.91. The molecule has 144 valence electrons. The number of piperazine rings is 1. The Kier molecular flexibility index (Phi) is 5.69. The van der Waals surface area contributed by atoms with Gasteiger partial charge in [-0.2, -0.15) is 4.31 Å². The normalized spacial score (nSPS) is 26.0. The highest BCUT2D eigenvalue weighted by Gasteiger charge is 2.31. The van der Waals surface area contributed by atoms with Crippen molar-refractivity contribution in [3.8, 4) is 0 Å². The summed E-state index contributed by atoms with van der Waals surface area (Å²) >= 11 is 0. The third kappa shape index (κ3) is 4.10. The van der Waals surface area contributed by atoms with E-state index in [1.54, 1.807) is 28.6 Å². The molecule has 2 aliphatic heterocycles. The SMILES string of the molecule is C[C@@H]1C[C@H](C)CN(S(=O)(=O)c2ccc(C(=O)N3CCN(C)CC3)cc2)C1. The van der Waals surface area contributed by atoms with Gasteiger partial charge >= 0.3 is 0 Å². The molecule has 0 saturated carbocycles. The van der Waals surface area contributed by atoms with Crippen molar-refractivity contribution in [2.45, 2.75) is 25.2 Å². The first-order chi connectivity index (χ1) is 12.3. The van der Waals surface area contributed by atoms with Crippen LogP contribution in [-0.2, 0) is 10.0 Å². The third-order valence-electron chi connectivity index (χ3n) is 5.36. The molecular formula is C19H29N3O3S. The number of rotatable bonds is 3. The molecule has 0 radical (unpaired) electrons. The van der Waals surface area contributed by atoms with Crippen LogP contribution in [0.5, 0.6) is 0 Å². The summed E-state index contributed by atoms with van der Waals surface area (Å²) in [6.45, 7) is 8.46. The van der Waals surface area contributed by atoms with Crippen molar-refractivity contribution < 1.29 is 13.2 Å². The molecule has 2 heterocycles. The number of carbonyl (C=O) groups excluding carboxylic acids is 1. The van der Waals surface area contributed by atoms with Gasteiger partial charge in [0.1, 0.15) is 0 Å². The molecule has 26 heavy (non-hydrogen) atoms. The Morgan fingerprint density at radius 1 is 0.962 bits per heavy atom. The number of hydrogen-bond donors (Lipinski definition) is 0. The number of piperidine rings is 1. The molecule has 2 atom stereocenters. The quantitative estimate of drug-likeness (QED) is 0.803. The molecular weight excluding hydrogens is 350 g/mol. The van der Waals surface area contributed by atoms with Crippen LogP contribution in [0, 0.1) is 11.8 Å². The minimum atomic E-state index is -3.50. The van der Waals surface area contributed by atoms with Crippen LogP contribution in [0.2, 0.25) is 0 Å². The first-order valence-electron chi connectivity index (χ1n) is 9.35. The van der Waals surface area contributed by atoms with Crippen molar-refractivity contribution in [1.82, 2.24) is 14.1 Å². The van der Waals surface area contributed by atoms with Crippen LogP contribution in [0.25, 0.3) is 0 Å². The van der Waals surface area contributed by atoms with Gasteiger partial charge in [-0.05, 0) is 49.6 Å². The molecule has 0 bridgehead atoms. The molecule has 7 heteroatoms. The largest absolute Gasteiger partial charge is 0.336 e. The second-order valence-corrected chi connectivity index (χ2v) is 9.83. The molecule has 3 rings (SSSR count). The summed E-state index contributed by atoms with van der Waals surface area (Å²) in [5, 5.41) is 0. The first-order valence-corrected chi connectivity index (χ1v) is 10.8. The predicted octanol–water partition coefficient (Wildman–Crippen LogP) is 1.74. The summed E-state index contributed by atoms with van der Waals surface area (Å²) in [6.07, 6.45) is 1.06. The number of sulfonamides is 1. The molecule has 0 unspecified atom stereocenters. The molecule has 2 aliphatic rings. The molecule has 1 aromatic rings. The van der Waals surface area contributed by atoms with Gasteiger partial charge in [0.05, 0.1) is 4.90 Å². The number of nitrogens with zero attached hydrogens (tertiary/aromatic N) is 3. The monoisotopic (exact) mass is 379 g/mol. The van der Waals surface area contributed by atoms with E-state index >= 15 is 0 Å². The fourth-order valence-corrected chi connectivity index (χ4v) is 5.59. The van der Waals surface area contributed by atoms with E-state index in [0.717, 1.165) is 19.5 Å². The topological polar surface area (TPSA) is 60.9 Å². The van der Waals surface area contributed by atoms with Crippen LogP contribution in [-0.4, -0.2) is 74.7 Å². The number of hydrogen-bond acceptors (Lipinski definition) is 4. The Bertz CT molecular complexity index is 730. The molecule has 0 spiro atoms. The predicted molar refractivity (Wildman–Crippen MR) is 102 cm³/mol.